The molecule has 0 fully saturated rings. The van der Waals surface area contributed by atoms with Gasteiger partial charge in [-0.2, -0.15) is 0 Å². The fraction of sp³-hybridized carbons (Fsp3) is 0.333. The van der Waals surface area contributed by atoms with Gasteiger partial charge in [-0.25, -0.2) is 14.6 Å². The molecule has 1 aromatic rings. The molecule has 0 aliphatic rings. The molecule has 0 aromatic carbocycles. The molecule has 3 amide bonds. The molecule has 1 rings (SSSR count). The maximum atomic E-state index is 11.4. The molecule has 0 aliphatic carbocycles. The van der Waals surface area contributed by atoms with Gasteiger partial charge in [-0.15, -0.1) is 11.3 Å². The minimum Gasteiger partial charge on any atom is -0.480 e. The van der Waals surface area contributed by atoms with Crippen LogP contribution in [0.3, 0.4) is 0 Å². The smallest absolute Gasteiger partial charge is 0.326 e. The lowest BCUT2D eigenvalue weighted by Gasteiger charge is -2.13. The number of carbonyl (C=O) groups excluding carboxylic acids is 2. The van der Waals surface area contributed by atoms with Crippen LogP contribution < -0.4 is 16.4 Å². The summed E-state index contributed by atoms with van der Waals surface area (Å²) in [5.41, 5.74) is 4.91. The van der Waals surface area contributed by atoms with E-state index in [1.807, 2.05) is 0 Å². The lowest BCUT2D eigenvalue weighted by Crippen LogP contribution is -2.43. The normalized spacial score (nSPS) is 11.6. The number of rotatable bonds is 6. The molecule has 8 nitrogen and oxygen atoms in total. The molecule has 1 heterocycles. The van der Waals surface area contributed by atoms with Crippen molar-refractivity contribution in [3.63, 3.8) is 0 Å². The fourth-order valence-corrected chi connectivity index (χ4v) is 1.64. The average molecular weight is 272 g/mol. The van der Waals surface area contributed by atoms with Crippen LogP contribution in [0.15, 0.2) is 11.6 Å². The van der Waals surface area contributed by atoms with Crippen LogP contribution in [0.5, 0.6) is 0 Å². The van der Waals surface area contributed by atoms with Crippen LogP contribution in [0.1, 0.15) is 12.8 Å². The summed E-state index contributed by atoms with van der Waals surface area (Å²) in [4.78, 5) is 36.6. The van der Waals surface area contributed by atoms with E-state index in [2.05, 4.69) is 15.6 Å². The molecule has 0 saturated carbocycles. The standard InChI is InChI=1S/C9H12N4O4S/c10-6(14)2-1-5(7(15)16)12-8(17)13-9-11-3-4-18-9/h3-5H,1-2H2,(H2,10,14)(H,15,16)(H2,11,12,13,17). The Balaban J connectivity index is 2.47. The largest absolute Gasteiger partial charge is 0.480 e. The monoisotopic (exact) mass is 272 g/mol. The highest BCUT2D eigenvalue weighted by Gasteiger charge is 2.20. The number of nitrogens with two attached hydrogens (primary N) is 1. The van der Waals surface area contributed by atoms with Gasteiger partial charge >= 0.3 is 12.0 Å². The molecule has 5 N–H and O–H groups in total. The van der Waals surface area contributed by atoms with Gasteiger partial charge in [0.25, 0.3) is 0 Å². The molecule has 0 spiro atoms. The maximum Gasteiger partial charge on any atom is 0.326 e. The van der Waals surface area contributed by atoms with E-state index in [4.69, 9.17) is 10.8 Å². The molecule has 0 aliphatic heterocycles. The van der Waals surface area contributed by atoms with E-state index >= 15 is 0 Å². The van der Waals surface area contributed by atoms with Crippen LogP contribution in [0.2, 0.25) is 0 Å². The lowest BCUT2D eigenvalue weighted by molar-refractivity contribution is -0.139. The van der Waals surface area contributed by atoms with Crippen molar-refractivity contribution in [2.24, 2.45) is 5.73 Å². The molecule has 9 heteroatoms. The van der Waals surface area contributed by atoms with Crippen LogP contribution in [0, 0.1) is 0 Å². The fourth-order valence-electron chi connectivity index (χ4n) is 1.12. The number of amides is 3. The van der Waals surface area contributed by atoms with E-state index in [1.54, 1.807) is 5.38 Å². The van der Waals surface area contributed by atoms with E-state index in [0.717, 1.165) is 0 Å². The van der Waals surface area contributed by atoms with Crippen molar-refractivity contribution in [2.45, 2.75) is 18.9 Å². The van der Waals surface area contributed by atoms with Crippen LogP contribution in [0.4, 0.5) is 9.93 Å². The third kappa shape index (κ3) is 4.78. The van der Waals surface area contributed by atoms with Crippen molar-refractivity contribution in [2.75, 3.05) is 5.32 Å². The molecule has 0 saturated heterocycles. The zero-order valence-corrected chi connectivity index (χ0v) is 10.1. The summed E-state index contributed by atoms with van der Waals surface area (Å²) in [6.07, 6.45) is 1.33. The molecule has 1 atom stereocenters. The van der Waals surface area contributed by atoms with E-state index in [-0.39, 0.29) is 12.8 Å². The van der Waals surface area contributed by atoms with Gasteiger partial charge < -0.3 is 16.2 Å². The Hall–Kier alpha value is -2.16. The summed E-state index contributed by atoms with van der Waals surface area (Å²) < 4.78 is 0. The minimum absolute atomic E-state index is 0.0596. The Morgan fingerprint density at radius 3 is 2.72 bits per heavy atom. The number of nitrogens with zero attached hydrogens (tertiary/aromatic N) is 1. The molecule has 1 unspecified atom stereocenters. The summed E-state index contributed by atoms with van der Waals surface area (Å²) in [6.45, 7) is 0. The Labute approximate surface area is 106 Å². The molecular weight excluding hydrogens is 260 g/mol. The number of anilines is 1. The molecular formula is C9H12N4O4S. The van der Waals surface area contributed by atoms with Gasteiger partial charge in [0.15, 0.2) is 5.13 Å². The van der Waals surface area contributed by atoms with Crippen LogP contribution in [-0.2, 0) is 9.59 Å². The van der Waals surface area contributed by atoms with Gasteiger partial charge in [0.05, 0.1) is 0 Å². The number of carboxylic acid groups (broad SMARTS) is 1. The number of urea groups is 1. The SMILES string of the molecule is NC(=O)CCC(NC(=O)Nc1nccs1)C(=O)O. The number of aliphatic carboxylic acids is 1. The molecule has 0 bridgehead atoms. The summed E-state index contributed by atoms with van der Waals surface area (Å²) in [7, 11) is 0. The van der Waals surface area contributed by atoms with E-state index < -0.39 is 23.9 Å². The lowest BCUT2D eigenvalue weighted by atomic mass is 10.1. The summed E-state index contributed by atoms with van der Waals surface area (Å²) in [5.74, 6) is -1.85. The third-order valence-electron chi connectivity index (χ3n) is 1.94. The Morgan fingerprint density at radius 2 is 2.22 bits per heavy atom. The number of nitrogens with one attached hydrogen (secondary N) is 2. The molecule has 0 radical (unpaired) electrons. The van der Waals surface area contributed by atoms with E-state index in [9.17, 15) is 14.4 Å². The van der Waals surface area contributed by atoms with Crippen molar-refractivity contribution in [1.82, 2.24) is 10.3 Å². The number of carboxylic acids is 1. The Morgan fingerprint density at radius 1 is 1.50 bits per heavy atom. The quantitative estimate of drug-likeness (QED) is 0.577. The molecule has 1 aromatic heterocycles. The predicted molar refractivity (Wildman–Crippen MR) is 64.1 cm³/mol. The highest BCUT2D eigenvalue weighted by atomic mass is 32.1. The first-order chi connectivity index (χ1) is 8.49. The van der Waals surface area contributed by atoms with Gasteiger partial charge in [-0.3, -0.25) is 10.1 Å². The van der Waals surface area contributed by atoms with Gasteiger partial charge in [0, 0.05) is 18.0 Å². The summed E-state index contributed by atoms with van der Waals surface area (Å²) in [6, 6.07) is -1.86. The number of carbonyl (C=O) groups is 3. The Bertz CT molecular complexity index is 434. The zero-order chi connectivity index (χ0) is 13.5. The van der Waals surface area contributed by atoms with Crippen LogP contribution in [-0.4, -0.2) is 34.0 Å². The van der Waals surface area contributed by atoms with Crippen molar-refractivity contribution >= 4 is 34.4 Å². The predicted octanol–water partition coefficient (Wildman–Crippen LogP) is -0.0167. The van der Waals surface area contributed by atoms with Crippen molar-refractivity contribution in [3.8, 4) is 0 Å². The van der Waals surface area contributed by atoms with E-state index in [0.29, 0.717) is 5.13 Å². The second-order valence-electron chi connectivity index (χ2n) is 3.33. The second-order valence-corrected chi connectivity index (χ2v) is 4.23. The van der Waals surface area contributed by atoms with Gasteiger partial charge in [0.2, 0.25) is 5.91 Å². The second kappa shape index (κ2) is 6.55. The Kier molecular flexibility index (Phi) is 5.06. The maximum absolute atomic E-state index is 11.4. The first-order valence-corrected chi connectivity index (χ1v) is 5.85. The highest BCUT2D eigenvalue weighted by Crippen LogP contribution is 2.09. The van der Waals surface area contributed by atoms with Crippen LogP contribution in [0.25, 0.3) is 0 Å². The zero-order valence-electron chi connectivity index (χ0n) is 9.25. The number of primary amides is 1. The van der Waals surface area contributed by atoms with Gasteiger partial charge in [0.1, 0.15) is 6.04 Å². The average Bonchev–Trinajstić information content (AvgIpc) is 2.76. The number of thiazole rings is 1. The third-order valence-corrected chi connectivity index (χ3v) is 2.62. The van der Waals surface area contributed by atoms with E-state index in [1.165, 1.54) is 17.5 Å². The molecule has 98 valence electrons. The first-order valence-electron chi connectivity index (χ1n) is 4.97. The van der Waals surface area contributed by atoms with Crippen LogP contribution >= 0.6 is 11.3 Å². The molecule has 18 heavy (non-hydrogen) atoms. The van der Waals surface area contributed by atoms with Crippen molar-refractivity contribution in [3.05, 3.63) is 11.6 Å². The first kappa shape index (κ1) is 13.9. The van der Waals surface area contributed by atoms with Gasteiger partial charge in [-0.1, -0.05) is 0 Å². The summed E-state index contributed by atoms with van der Waals surface area (Å²) in [5, 5.41) is 15.5. The number of aromatic nitrogens is 1. The minimum atomic E-state index is -1.23. The number of hydrogen-bond acceptors (Lipinski definition) is 5. The topological polar surface area (TPSA) is 134 Å². The van der Waals surface area contributed by atoms with Crippen molar-refractivity contribution in [1.29, 1.82) is 0 Å². The number of hydrogen-bond donors (Lipinski definition) is 4. The van der Waals surface area contributed by atoms with Crippen molar-refractivity contribution < 1.29 is 19.5 Å². The van der Waals surface area contributed by atoms with Gasteiger partial charge in [-0.05, 0) is 6.42 Å². The summed E-state index contributed by atoms with van der Waals surface area (Å²) >= 11 is 1.20. The highest BCUT2D eigenvalue weighted by molar-refractivity contribution is 7.13.